The van der Waals surface area contributed by atoms with Crippen molar-refractivity contribution in [2.45, 2.75) is 0 Å². The number of hydrogen-bond donors (Lipinski definition) is 1. The number of nitrogens with zero attached hydrogens (tertiary/aromatic N) is 3. The average Bonchev–Trinajstić information content (AvgIpc) is 2.43. The minimum Gasteiger partial charge on any atom is -0.368 e. The monoisotopic (exact) mass is 346 g/mol. The van der Waals surface area contributed by atoms with Gasteiger partial charge in [0.05, 0.1) is 28.1 Å². The number of primary amides is 1. The number of piperazine rings is 1. The van der Waals surface area contributed by atoms with Crippen molar-refractivity contribution in [1.82, 2.24) is 4.90 Å². The predicted octanol–water partition coefficient (Wildman–Crippen LogP) is 1.04. The van der Waals surface area contributed by atoms with Crippen molar-refractivity contribution in [3.05, 3.63) is 32.3 Å². The van der Waals surface area contributed by atoms with Gasteiger partial charge in [-0.15, -0.1) is 0 Å². The smallest absolute Gasteiger partial charge is 0.294 e. The van der Waals surface area contributed by atoms with Crippen LogP contribution in [0.5, 0.6) is 0 Å². The SMILES string of the molecule is NC(=O)CN1CCN(c2cc(Cl)c(Cl)cc2[N+](=O)[O-])CC1=O. The van der Waals surface area contributed by atoms with Crippen LogP contribution < -0.4 is 10.6 Å². The van der Waals surface area contributed by atoms with E-state index in [1.54, 1.807) is 0 Å². The zero-order chi connectivity index (χ0) is 16.4. The molecule has 1 aliphatic rings. The second-order valence-electron chi connectivity index (χ2n) is 4.72. The average molecular weight is 347 g/mol. The van der Waals surface area contributed by atoms with Crippen LogP contribution in [0.2, 0.25) is 10.0 Å². The van der Waals surface area contributed by atoms with Crippen molar-refractivity contribution < 1.29 is 14.5 Å². The Balaban J connectivity index is 2.27. The zero-order valence-corrected chi connectivity index (χ0v) is 12.8. The Labute approximate surface area is 135 Å². The molecule has 0 spiro atoms. The van der Waals surface area contributed by atoms with Gasteiger partial charge in [0.1, 0.15) is 5.69 Å². The Morgan fingerprint density at radius 3 is 2.50 bits per heavy atom. The zero-order valence-electron chi connectivity index (χ0n) is 11.3. The van der Waals surface area contributed by atoms with E-state index in [4.69, 9.17) is 28.9 Å². The molecule has 2 rings (SSSR count). The van der Waals surface area contributed by atoms with Crippen LogP contribution in [0.3, 0.4) is 0 Å². The maximum atomic E-state index is 12.0. The summed E-state index contributed by atoms with van der Waals surface area (Å²) < 4.78 is 0. The van der Waals surface area contributed by atoms with Gasteiger partial charge >= 0.3 is 0 Å². The van der Waals surface area contributed by atoms with Gasteiger partial charge in [0.2, 0.25) is 11.8 Å². The molecule has 1 aromatic rings. The van der Waals surface area contributed by atoms with Crippen LogP contribution in [-0.2, 0) is 9.59 Å². The second-order valence-corrected chi connectivity index (χ2v) is 5.53. The minimum absolute atomic E-state index is 0.0656. The molecule has 22 heavy (non-hydrogen) atoms. The van der Waals surface area contributed by atoms with Gasteiger partial charge in [0, 0.05) is 19.2 Å². The van der Waals surface area contributed by atoms with E-state index < -0.39 is 10.8 Å². The van der Waals surface area contributed by atoms with Crippen molar-refractivity contribution in [2.24, 2.45) is 5.73 Å². The van der Waals surface area contributed by atoms with Gasteiger partial charge in [0.15, 0.2) is 0 Å². The number of carbonyl (C=O) groups is 2. The number of amides is 2. The summed E-state index contributed by atoms with van der Waals surface area (Å²) in [5, 5.41) is 11.4. The number of halogens is 2. The number of benzene rings is 1. The van der Waals surface area contributed by atoms with Gasteiger partial charge < -0.3 is 15.5 Å². The fourth-order valence-corrected chi connectivity index (χ4v) is 2.51. The molecule has 1 aromatic carbocycles. The molecule has 0 saturated carbocycles. The molecular weight excluding hydrogens is 335 g/mol. The van der Waals surface area contributed by atoms with E-state index in [1.165, 1.54) is 15.9 Å². The summed E-state index contributed by atoms with van der Waals surface area (Å²) in [6, 6.07) is 2.51. The van der Waals surface area contributed by atoms with Gasteiger partial charge in [-0.1, -0.05) is 23.2 Å². The fraction of sp³-hybridized carbons (Fsp3) is 0.333. The molecule has 0 aliphatic carbocycles. The molecule has 0 unspecified atom stereocenters. The van der Waals surface area contributed by atoms with Gasteiger partial charge in [-0.2, -0.15) is 0 Å². The summed E-state index contributed by atoms with van der Waals surface area (Å²) in [6.07, 6.45) is 0. The summed E-state index contributed by atoms with van der Waals surface area (Å²) in [4.78, 5) is 36.3. The maximum absolute atomic E-state index is 12.0. The van der Waals surface area contributed by atoms with E-state index in [0.717, 1.165) is 6.07 Å². The molecule has 118 valence electrons. The van der Waals surface area contributed by atoms with Gasteiger partial charge in [-0.25, -0.2) is 0 Å². The van der Waals surface area contributed by atoms with Crippen molar-refractivity contribution in [3.8, 4) is 0 Å². The van der Waals surface area contributed by atoms with Crippen molar-refractivity contribution in [2.75, 3.05) is 31.1 Å². The molecule has 0 aromatic heterocycles. The van der Waals surface area contributed by atoms with Crippen LogP contribution in [0, 0.1) is 10.1 Å². The maximum Gasteiger partial charge on any atom is 0.294 e. The molecule has 2 amide bonds. The summed E-state index contributed by atoms with van der Waals surface area (Å²) in [6.45, 7) is 0.277. The number of hydrogen-bond acceptors (Lipinski definition) is 5. The number of rotatable bonds is 4. The first-order chi connectivity index (χ1) is 10.3. The third-order valence-corrected chi connectivity index (χ3v) is 3.94. The lowest BCUT2D eigenvalue weighted by Crippen LogP contribution is -2.52. The van der Waals surface area contributed by atoms with Crippen LogP contribution >= 0.6 is 23.2 Å². The highest BCUT2D eigenvalue weighted by molar-refractivity contribution is 6.42. The van der Waals surface area contributed by atoms with Crippen molar-refractivity contribution in [1.29, 1.82) is 0 Å². The predicted molar refractivity (Wildman–Crippen MR) is 81.1 cm³/mol. The van der Waals surface area contributed by atoms with Crippen LogP contribution in [0.25, 0.3) is 0 Å². The summed E-state index contributed by atoms with van der Waals surface area (Å²) in [7, 11) is 0. The standard InChI is InChI=1S/C12H12Cl2N4O4/c13-7-3-9(10(18(21)22)4-8(7)14)16-1-2-17(5-11(15)19)12(20)6-16/h3-4H,1-2,5-6H2,(H2,15,19). The van der Waals surface area contributed by atoms with E-state index in [9.17, 15) is 19.7 Å². The van der Waals surface area contributed by atoms with E-state index in [-0.39, 0.29) is 47.0 Å². The van der Waals surface area contributed by atoms with Gasteiger partial charge in [-0.05, 0) is 6.07 Å². The molecule has 0 bridgehead atoms. The summed E-state index contributed by atoms with van der Waals surface area (Å²) >= 11 is 11.7. The number of nitrogens with two attached hydrogens (primary N) is 1. The Hall–Kier alpha value is -2.06. The van der Waals surface area contributed by atoms with Crippen molar-refractivity contribution >= 4 is 46.4 Å². The summed E-state index contributed by atoms with van der Waals surface area (Å²) in [5.74, 6) is -0.951. The third-order valence-electron chi connectivity index (χ3n) is 3.22. The topological polar surface area (TPSA) is 110 Å². The van der Waals surface area contributed by atoms with Gasteiger partial charge in [-0.3, -0.25) is 19.7 Å². The molecule has 8 nitrogen and oxygen atoms in total. The fourth-order valence-electron chi connectivity index (χ4n) is 2.19. The van der Waals surface area contributed by atoms with Crippen LogP contribution in [0.15, 0.2) is 12.1 Å². The summed E-state index contributed by atoms with van der Waals surface area (Å²) in [5.41, 5.74) is 5.05. The molecule has 2 N–H and O–H groups in total. The Morgan fingerprint density at radius 1 is 1.32 bits per heavy atom. The van der Waals surface area contributed by atoms with E-state index in [2.05, 4.69) is 0 Å². The lowest BCUT2D eigenvalue weighted by molar-refractivity contribution is -0.384. The van der Waals surface area contributed by atoms with Crippen LogP contribution in [0.1, 0.15) is 0 Å². The first-order valence-electron chi connectivity index (χ1n) is 6.24. The largest absolute Gasteiger partial charge is 0.368 e. The quantitative estimate of drug-likeness (QED) is 0.646. The molecule has 10 heteroatoms. The second kappa shape index (κ2) is 6.37. The Bertz CT molecular complexity index is 652. The highest BCUT2D eigenvalue weighted by atomic mass is 35.5. The Morgan fingerprint density at radius 2 is 1.95 bits per heavy atom. The van der Waals surface area contributed by atoms with Crippen molar-refractivity contribution in [3.63, 3.8) is 0 Å². The van der Waals surface area contributed by atoms with E-state index in [0.29, 0.717) is 6.54 Å². The number of nitro benzene ring substituents is 1. The highest BCUT2D eigenvalue weighted by Gasteiger charge is 2.29. The molecule has 1 heterocycles. The third kappa shape index (κ3) is 3.40. The minimum atomic E-state index is -0.609. The lowest BCUT2D eigenvalue weighted by atomic mass is 10.2. The first-order valence-corrected chi connectivity index (χ1v) is 6.99. The van der Waals surface area contributed by atoms with Gasteiger partial charge in [0.25, 0.3) is 5.69 Å². The number of nitro groups is 1. The highest BCUT2D eigenvalue weighted by Crippen LogP contribution is 2.36. The number of carbonyl (C=O) groups excluding carboxylic acids is 2. The molecule has 0 atom stereocenters. The number of anilines is 1. The molecule has 1 fully saturated rings. The normalized spacial score (nSPS) is 15.1. The first kappa shape index (κ1) is 16.3. The Kier molecular flexibility index (Phi) is 4.72. The molecule has 1 saturated heterocycles. The van der Waals surface area contributed by atoms with E-state index in [1.807, 2.05) is 0 Å². The van der Waals surface area contributed by atoms with Crippen LogP contribution in [0.4, 0.5) is 11.4 Å². The lowest BCUT2D eigenvalue weighted by Gasteiger charge is -2.34. The molecule has 1 aliphatic heterocycles. The molecular formula is C12H12Cl2N4O4. The van der Waals surface area contributed by atoms with E-state index >= 15 is 0 Å². The molecule has 0 radical (unpaired) electrons. The van der Waals surface area contributed by atoms with Crippen LogP contribution in [-0.4, -0.2) is 47.8 Å².